The lowest BCUT2D eigenvalue weighted by Crippen LogP contribution is -2.48. The van der Waals surface area contributed by atoms with Crippen molar-refractivity contribution < 1.29 is 0 Å². The van der Waals surface area contributed by atoms with E-state index in [0.717, 1.165) is 65.7 Å². The molecule has 0 spiro atoms. The number of anilines is 1. The van der Waals surface area contributed by atoms with Crippen LogP contribution in [0.5, 0.6) is 0 Å². The molecular formula is C31H35N7. The van der Waals surface area contributed by atoms with Crippen molar-refractivity contribution in [1.29, 1.82) is 0 Å². The van der Waals surface area contributed by atoms with Crippen LogP contribution >= 0.6 is 0 Å². The number of imidazole rings is 1. The molecular weight excluding hydrogens is 470 g/mol. The van der Waals surface area contributed by atoms with E-state index in [4.69, 9.17) is 15.7 Å². The fraction of sp³-hybridized carbons (Fsp3) is 0.258. The van der Waals surface area contributed by atoms with Crippen LogP contribution in [-0.2, 0) is 6.54 Å². The van der Waals surface area contributed by atoms with Crippen LogP contribution in [-0.4, -0.2) is 50.1 Å². The van der Waals surface area contributed by atoms with E-state index in [1.165, 1.54) is 5.56 Å². The fourth-order valence-electron chi connectivity index (χ4n) is 4.92. The first-order chi connectivity index (χ1) is 18.7. The molecule has 7 nitrogen and oxygen atoms in total. The molecule has 1 aliphatic rings. The maximum atomic E-state index is 6.29. The molecule has 38 heavy (non-hydrogen) atoms. The van der Waals surface area contributed by atoms with Gasteiger partial charge in [0.15, 0.2) is 11.5 Å². The number of rotatable bonds is 5. The number of piperazine rings is 1. The minimum Gasteiger partial charge on any atom is -0.383 e. The highest BCUT2D eigenvalue weighted by atomic mass is 15.2. The second kappa shape index (κ2) is 11.5. The van der Waals surface area contributed by atoms with Gasteiger partial charge < -0.3 is 11.1 Å². The lowest BCUT2D eigenvalue weighted by Gasteiger charge is -2.31. The molecule has 0 saturated carbocycles. The minimum absolute atomic E-state index is 0.446. The first kappa shape index (κ1) is 25.6. The molecule has 1 fully saturated rings. The van der Waals surface area contributed by atoms with Gasteiger partial charge in [0.05, 0.1) is 11.3 Å². The topological polar surface area (TPSA) is 84.9 Å². The Morgan fingerprint density at radius 3 is 2.45 bits per heavy atom. The number of hydrogen-bond acceptors (Lipinski definition) is 6. The number of fused-ring (bicyclic) bond motifs is 1. The highest BCUT2D eigenvalue weighted by Crippen LogP contribution is 2.31. The van der Waals surface area contributed by atoms with Gasteiger partial charge in [0, 0.05) is 49.7 Å². The fourth-order valence-corrected chi connectivity index (χ4v) is 4.92. The van der Waals surface area contributed by atoms with E-state index in [0.29, 0.717) is 11.9 Å². The predicted molar refractivity (Wildman–Crippen MR) is 156 cm³/mol. The zero-order valence-electron chi connectivity index (χ0n) is 22.3. The predicted octanol–water partition coefficient (Wildman–Crippen LogP) is 5.55. The highest BCUT2D eigenvalue weighted by Gasteiger charge is 2.19. The molecule has 194 valence electrons. The number of hydrogen-bond donors (Lipinski definition) is 2. The van der Waals surface area contributed by atoms with Gasteiger partial charge >= 0.3 is 0 Å². The monoisotopic (exact) mass is 505 g/mol. The molecule has 0 aliphatic carbocycles. The Bertz CT molecular complexity index is 1490. The van der Waals surface area contributed by atoms with E-state index >= 15 is 0 Å². The Hall–Kier alpha value is -4.07. The van der Waals surface area contributed by atoms with Crippen molar-refractivity contribution in [3.63, 3.8) is 0 Å². The van der Waals surface area contributed by atoms with Crippen molar-refractivity contribution in [2.75, 3.05) is 25.4 Å². The molecule has 2 aromatic carbocycles. The molecule has 1 atom stereocenters. The highest BCUT2D eigenvalue weighted by molar-refractivity contribution is 5.84. The third-order valence-corrected chi connectivity index (χ3v) is 6.71. The zero-order chi connectivity index (χ0) is 26.5. The number of nitrogens with two attached hydrogens (primary N) is 1. The van der Waals surface area contributed by atoms with E-state index in [1.807, 2.05) is 56.3 Å². The zero-order valence-corrected chi connectivity index (χ0v) is 22.3. The summed E-state index contributed by atoms with van der Waals surface area (Å²) in [5.74, 6) is 1.18. The molecule has 1 saturated heterocycles. The average Bonchev–Trinajstić information content (AvgIpc) is 3.34. The molecule has 0 unspecified atom stereocenters. The van der Waals surface area contributed by atoms with Crippen molar-refractivity contribution in [1.82, 2.24) is 29.7 Å². The van der Waals surface area contributed by atoms with Gasteiger partial charge in [-0.3, -0.25) is 9.47 Å². The van der Waals surface area contributed by atoms with Gasteiger partial charge in [-0.25, -0.2) is 15.0 Å². The van der Waals surface area contributed by atoms with Crippen molar-refractivity contribution in [2.45, 2.75) is 33.4 Å². The Morgan fingerprint density at radius 2 is 1.71 bits per heavy atom. The van der Waals surface area contributed by atoms with Gasteiger partial charge in [-0.2, -0.15) is 0 Å². The van der Waals surface area contributed by atoms with Crippen LogP contribution in [0.15, 0.2) is 85.1 Å². The largest absolute Gasteiger partial charge is 0.383 e. The number of pyridine rings is 2. The molecule has 3 N–H and O–H groups in total. The first-order valence-corrected chi connectivity index (χ1v) is 13.4. The molecule has 0 radical (unpaired) electrons. The SMILES string of the molecule is CC.C[C@H]1CN(Cc2ccc(-n3c(-c4cccnc4N)nc4ccc(-c5ccccc5)nc43)cc2)CCN1. The van der Waals surface area contributed by atoms with E-state index in [2.05, 4.69) is 63.1 Å². The lowest BCUT2D eigenvalue weighted by molar-refractivity contribution is 0.199. The van der Waals surface area contributed by atoms with Gasteiger partial charge in [0.25, 0.3) is 0 Å². The number of nitrogens with zero attached hydrogens (tertiary/aromatic N) is 5. The summed E-state index contributed by atoms with van der Waals surface area (Å²) >= 11 is 0. The molecule has 3 aromatic heterocycles. The van der Waals surface area contributed by atoms with Crippen LogP contribution in [0.4, 0.5) is 5.82 Å². The number of nitrogens with one attached hydrogen (secondary N) is 1. The molecule has 0 amide bonds. The van der Waals surface area contributed by atoms with Gasteiger partial charge in [-0.1, -0.05) is 56.3 Å². The van der Waals surface area contributed by atoms with Crippen LogP contribution < -0.4 is 11.1 Å². The summed E-state index contributed by atoms with van der Waals surface area (Å²) in [6.45, 7) is 10.3. The van der Waals surface area contributed by atoms with Crippen LogP contribution in [0.25, 0.3) is 39.5 Å². The third kappa shape index (κ3) is 5.30. The maximum Gasteiger partial charge on any atom is 0.165 e. The summed E-state index contributed by atoms with van der Waals surface area (Å²) in [6, 6.07) is 27.3. The van der Waals surface area contributed by atoms with Crippen molar-refractivity contribution in [2.24, 2.45) is 0 Å². The summed E-state index contributed by atoms with van der Waals surface area (Å²) in [4.78, 5) is 16.8. The number of nitrogen functional groups attached to an aromatic ring is 1. The third-order valence-electron chi connectivity index (χ3n) is 6.71. The Morgan fingerprint density at radius 1 is 0.921 bits per heavy atom. The van der Waals surface area contributed by atoms with Crippen molar-refractivity contribution in [3.05, 3.63) is 90.6 Å². The van der Waals surface area contributed by atoms with Crippen LogP contribution in [0, 0.1) is 0 Å². The average molecular weight is 506 g/mol. The Balaban J connectivity index is 0.00000144. The molecule has 5 aromatic rings. The summed E-state index contributed by atoms with van der Waals surface area (Å²) in [6.07, 6.45) is 1.70. The molecule has 6 rings (SSSR count). The lowest BCUT2D eigenvalue weighted by atomic mass is 10.1. The smallest absolute Gasteiger partial charge is 0.165 e. The van der Waals surface area contributed by atoms with Gasteiger partial charge in [0.2, 0.25) is 0 Å². The maximum absolute atomic E-state index is 6.29. The summed E-state index contributed by atoms with van der Waals surface area (Å²) in [5, 5.41) is 3.51. The van der Waals surface area contributed by atoms with Crippen molar-refractivity contribution in [3.8, 4) is 28.3 Å². The summed E-state index contributed by atoms with van der Waals surface area (Å²) < 4.78 is 2.09. The quantitative estimate of drug-likeness (QED) is 0.326. The van der Waals surface area contributed by atoms with Crippen LogP contribution in [0.2, 0.25) is 0 Å². The second-order valence-electron chi connectivity index (χ2n) is 9.37. The number of benzene rings is 2. The van der Waals surface area contributed by atoms with Gasteiger partial charge in [-0.05, 0) is 48.9 Å². The first-order valence-electron chi connectivity index (χ1n) is 13.4. The number of aromatic nitrogens is 4. The summed E-state index contributed by atoms with van der Waals surface area (Å²) in [7, 11) is 0. The Kier molecular flexibility index (Phi) is 7.77. The van der Waals surface area contributed by atoms with Gasteiger partial charge in [-0.15, -0.1) is 0 Å². The van der Waals surface area contributed by atoms with E-state index in [1.54, 1.807) is 6.20 Å². The molecule has 7 heteroatoms. The second-order valence-corrected chi connectivity index (χ2v) is 9.37. The molecule has 1 aliphatic heterocycles. The summed E-state index contributed by atoms with van der Waals surface area (Å²) in [5.41, 5.74) is 12.9. The van der Waals surface area contributed by atoms with E-state index in [-0.39, 0.29) is 0 Å². The van der Waals surface area contributed by atoms with E-state index < -0.39 is 0 Å². The minimum atomic E-state index is 0.446. The Labute approximate surface area is 224 Å². The standard InChI is InChI=1S/C29H29N7.C2H6/c1-20-18-35(17-16-31-20)19-21-9-11-23(12-10-21)36-28(24-8-5-15-32-27(24)30)34-26-14-13-25(33-29(26)36)22-6-3-2-4-7-22;1-2/h2-15,20,31H,16-19H2,1H3,(H2,30,32);1-2H3/t20-;/m0./s1. The van der Waals surface area contributed by atoms with Crippen molar-refractivity contribution >= 4 is 17.0 Å². The van der Waals surface area contributed by atoms with Crippen LogP contribution in [0.1, 0.15) is 26.3 Å². The molecule has 0 bridgehead atoms. The normalized spacial score (nSPS) is 15.7. The van der Waals surface area contributed by atoms with Gasteiger partial charge in [0.1, 0.15) is 11.3 Å². The molecule has 4 heterocycles. The van der Waals surface area contributed by atoms with Crippen LogP contribution in [0.3, 0.4) is 0 Å². The van der Waals surface area contributed by atoms with E-state index in [9.17, 15) is 0 Å².